The van der Waals surface area contributed by atoms with Gasteiger partial charge in [-0.2, -0.15) is 0 Å². The van der Waals surface area contributed by atoms with Crippen LogP contribution in [-0.2, 0) is 16.2 Å². The largest absolute Gasteiger partial charge is 0.480 e. The number of carboxylic acid groups (broad SMARTS) is 1. The maximum atomic E-state index is 11.9. The van der Waals surface area contributed by atoms with Gasteiger partial charge in [0.05, 0.1) is 6.61 Å². The summed E-state index contributed by atoms with van der Waals surface area (Å²) < 4.78 is 0. The molecular formula is C21H25NO4S. The molecule has 0 saturated heterocycles. The Morgan fingerprint density at radius 2 is 1.78 bits per heavy atom. The summed E-state index contributed by atoms with van der Waals surface area (Å²) in [5, 5.41) is 20.9. The molecule has 0 spiro atoms. The van der Waals surface area contributed by atoms with Crippen LogP contribution >= 0.6 is 11.8 Å². The van der Waals surface area contributed by atoms with Crippen LogP contribution in [0.3, 0.4) is 0 Å². The average molecular weight is 388 g/mol. The monoisotopic (exact) mass is 387 g/mol. The van der Waals surface area contributed by atoms with Gasteiger partial charge in [-0.3, -0.25) is 4.79 Å². The summed E-state index contributed by atoms with van der Waals surface area (Å²) in [6.45, 7) is 3.56. The molecule has 0 bridgehead atoms. The molecule has 0 heterocycles. The summed E-state index contributed by atoms with van der Waals surface area (Å²) in [6, 6.07) is 14.9. The minimum absolute atomic E-state index is 0.0172. The second-order valence-electron chi connectivity index (χ2n) is 6.61. The Bertz CT molecular complexity index is 774. The lowest BCUT2D eigenvalue weighted by molar-refractivity contribution is -0.143. The van der Waals surface area contributed by atoms with Crippen molar-refractivity contribution in [2.75, 3.05) is 5.75 Å². The highest BCUT2D eigenvalue weighted by molar-refractivity contribution is 7.99. The molecule has 0 saturated carbocycles. The van der Waals surface area contributed by atoms with Crippen molar-refractivity contribution in [1.82, 2.24) is 5.32 Å². The highest BCUT2D eigenvalue weighted by Gasteiger charge is 2.22. The van der Waals surface area contributed by atoms with Crippen LogP contribution in [0.5, 0.6) is 0 Å². The van der Waals surface area contributed by atoms with Crippen molar-refractivity contribution >= 4 is 23.6 Å². The second kappa shape index (κ2) is 10.1. The molecule has 1 atom stereocenters. The number of rotatable bonds is 9. The molecular weight excluding hydrogens is 362 g/mol. The smallest absolute Gasteiger partial charge is 0.326 e. The highest BCUT2D eigenvalue weighted by atomic mass is 32.2. The Kier molecular flexibility index (Phi) is 7.88. The molecule has 3 N–H and O–H groups in total. The number of nitrogens with one attached hydrogen (secondary N) is 1. The van der Waals surface area contributed by atoms with Crippen molar-refractivity contribution in [1.29, 1.82) is 0 Å². The summed E-state index contributed by atoms with van der Waals surface area (Å²) >= 11 is 1.56. The zero-order valence-corrected chi connectivity index (χ0v) is 16.3. The lowest BCUT2D eigenvalue weighted by atomic mass is 10.0. The molecule has 2 rings (SSSR count). The Labute approximate surface area is 163 Å². The molecule has 0 aromatic heterocycles. The van der Waals surface area contributed by atoms with E-state index in [-0.39, 0.29) is 24.9 Å². The van der Waals surface area contributed by atoms with Crippen LogP contribution in [0, 0.1) is 5.92 Å². The molecule has 27 heavy (non-hydrogen) atoms. The molecule has 5 nitrogen and oxygen atoms in total. The second-order valence-corrected chi connectivity index (χ2v) is 7.78. The number of carboxylic acids is 1. The van der Waals surface area contributed by atoms with E-state index in [9.17, 15) is 14.7 Å². The fraction of sp³-hybridized carbons (Fsp3) is 0.333. The molecule has 2 aromatic rings. The van der Waals surface area contributed by atoms with Gasteiger partial charge in [-0.15, -0.1) is 11.8 Å². The Hall–Kier alpha value is -2.31. The van der Waals surface area contributed by atoms with Gasteiger partial charge in [0.1, 0.15) is 6.04 Å². The van der Waals surface area contributed by atoms with Crippen LogP contribution in [0.15, 0.2) is 53.4 Å². The fourth-order valence-electron chi connectivity index (χ4n) is 2.61. The first-order valence-electron chi connectivity index (χ1n) is 8.86. The van der Waals surface area contributed by atoms with Crippen molar-refractivity contribution in [2.45, 2.75) is 37.8 Å². The third kappa shape index (κ3) is 6.41. The molecule has 2 aromatic carbocycles. The Morgan fingerprint density at radius 3 is 2.37 bits per heavy atom. The number of carbonyl (C=O) groups is 2. The Morgan fingerprint density at radius 1 is 1.07 bits per heavy atom. The van der Waals surface area contributed by atoms with Crippen LogP contribution in [0.2, 0.25) is 0 Å². The number of hydrogen-bond donors (Lipinski definition) is 3. The van der Waals surface area contributed by atoms with Gasteiger partial charge in [0.2, 0.25) is 5.91 Å². The number of carbonyl (C=O) groups excluding carboxylic acids is 1. The molecule has 0 radical (unpaired) electrons. The molecule has 0 aliphatic heterocycles. The summed E-state index contributed by atoms with van der Waals surface area (Å²) in [4.78, 5) is 24.1. The highest BCUT2D eigenvalue weighted by Crippen LogP contribution is 2.25. The molecule has 0 fully saturated rings. The minimum atomic E-state index is -1.01. The molecule has 0 aliphatic carbocycles. The molecule has 144 valence electrons. The molecule has 0 unspecified atom stereocenters. The number of thioether (sulfide) groups is 1. The fourth-order valence-corrected chi connectivity index (χ4v) is 3.47. The SMILES string of the molecule is CC(C)[C@H](NC(=O)CCSc1ccc(-c2cccc(CO)c2)cc1)C(=O)O. The van der Waals surface area contributed by atoms with Crippen molar-refractivity contribution in [2.24, 2.45) is 5.92 Å². The van der Waals surface area contributed by atoms with Crippen LogP contribution < -0.4 is 5.32 Å². The summed E-state index contributed by atoms with van der Waals surface area (Å²) in [5.41, 5.74) is 2.98. The summed E-state index contributed by atoms with van der Waals surface area (Å²) in [7, 11) is 0. The normalized spacial score (nSPS) is 12.0. The number of benzene rings is 2. The van der Waals surface area contributed by atoms with E-state index in [0.29, 0.717) is 5.75 Å². The van der Waals surface area contributed by atoms with Gasteiger partial charge in [-0.1, -0.05) is 44.2 Å². The van der Waals surface area contributed by atoms with Crippen molar-refractivity contribution in [3.8, 4) is 11.1 Å². The van der Waals surface area contributed by atoms with E-state index in [2.05, 4.69) is 5.32 Å². The van der Waals surface area contributed by atoms with E-state index in [1.165, 1.54) is 0 Å². The van der Waals surface area contributed by atoms with E-state index in [0.717, 1.165) is 21.6 Å². The first-order valence-corrected chi connectivity index (χ1v) is 9.84. The maximum Gasteiger partial charge on any atom is 0.326 e. The maximum absolute atomic E-state index is 11.9. The number of hydrogen-bond acceptors (Lipinski definition) is 4. The minimum Gasteiger partial charge on any atom is -0.480 e. The lowest BCUT2D eigenvalue weighted by Crippen LogP contribution is -2.44. The first kappa shape index (κ1) is 21.0. The number of aliphatic hydroxyl groups is 1. The van der Waals surface area contributed by atoms with Gasteiger partial charge in [-0.05, 0) is 40.8 Å². The zero-order valence-electron chi connectivity index (χ0n) is 15.5. The third-order valence-electron chi connectivity index (χ3n) is 4.14. The molecule has 6 heteroatoms. The van der Waals surface area contributed by atoms with Crippen molar-refractivity contribution in [3.63, 3.8) is 0 Å². The molecule has 1 amide bonds. The predicted octanol–water partition coefficient (Wildman–Crippen LogP) is 3.55. The van der Waals surface area contributed by atoms with Gasteiger partial charge in [0, 0.05) is 17.1 Å². The van der Waals surface area contributed by atoms with E-state index >= 15 is 0 Å². The predicted molar refractivity (Wildman–Crippen MR) is 108 cm³/mol. The van der Waals surface area contributed by atoms with Crippen molar-refractivity contribution in [3.05, 3.63) is 54.1 Å². The quantitative estimate of drug-likeness (QED) is 0.573. The summed E-state index contributed by atoms with van der Waals surface area (Å²) in [5.74, 6) is -0.834. The van der Waals surface area contributed by atoms with Gasteiger partial charge < -0.3 is 15.5 Å². The zero-order chi connectivity index (χ0) is 19.8. The van der Waals surface area contributed by atoms with Crippen LogP contribution in [-0.4, -0.2) is 33.9 Å². The third-order valence-corrected chi connectivity index (χ3v) is 5.16. The van der Waals surface area contributed by atoms with Crippen LogP contribution in [0.4, 0.5) is 0 Å². The first-order chi connectivity index (χ1) is 12.9. The van der Waals surface area contributed by atoms with Crippen LogP contribution in [0.1, 0.15) is 25.8 Å². The Balaban J connectivity index is 1.86. The van der Waals surface area contributed by atoms with E-state index in [1.54, 1.807) is 25.6 Å². The van der Waals surface area contributed by atoms with Crippen LogP contribution in [0.25, 0.3) is 11.1 Å². The van der Waals surface area contributed by atoms with Gasteiger partial charge in [0.15, 0.2) is 0 Å². The standard InChI is InChI=1S/C21H25NO4S/c1-14(2)20(21(25)26)22-19(24)10-11-27-18-8-6-16(7-9-18)17-5-3-4-15(12-17)13-23/h3-9,12,14,20,23H,10-11,13H2,1-2H3,(H,22,24)(H,25,26)/t20-/m0/s1. The van der Waals surface area contributed by atoms with Gasteiger partial charge in [0.25, 0.3) is 0 Å². The topological polar surface area (TPSA) is 86.6 Å². The van der Waals surface area contributed by atoms with E-state index < -0.39 is 12.0 Å². The lowest BCUT2D eigenvalue weighted by Gasteiger charge is -2.17. The average Bonchev–Trinajstić information content (AvgIpc) is 2.66. The van der Waals surface area contributed by atoms with E-state index in [4.69, 9.17) is 5.11 Å². The summed E-state index contributed by atoms with van der Waals surface area (Å²) in [6.07, 6.45) is 0.265. The molecule has 0 aliphatic rings. The van der Waals surface area contributed by atoms with Crippen molar-refractivity contribution < 1.29 is 19.8 Å². The van der Waals surface area contributed by atoms with Gasteiger partial charge in [-0.25, -0.2) is 4.79 Å². The van der Waals surface area contributed by atoms with Gasteiger partial charge >= 0.3 is 5.97 Å². The van der Waals surface area contributed by atoms with E-state index in [1.807, 2.05) is 48.5 Å². The number of amides is 1. The number of aliphatic carboxylic acids is 1. The number of aliphatic hydroxyl groups excluding tert-OH is 1.